The van der Waals surface area contributed by atoms with Gasteiger partial charge in [0.2, 0.25) is 5.95 Å². The summed E-state index contributed by atoms with van der Waals surface area (Å²) in [7, 11) is 0. The summed E-state index contributed by atoms with van der Waals surface area (Å²) < 4.78 is 5.07. The molecule has 0 bridgehead atoms. The number of hydrogen-bond donors (Lipinski definition) is 3. The number of anilines is 1. The van der Waals surface area contributed by atoms with Gasteiger partial charge in [-0.25, -0.2) is 19.6 Å². The van der Waals surface area contributed by atoms with Gasteiger partial charge < -0.3 is 20.5 Å². The predicted octanol–water partition coefficient (Wildman–Crippen LogP) is 1.42. The molecule has 0 radical (unpaired) electrons. The van der Waals surface area contributed by atoms with E-state index in [0.717, 1.165) is 0 Å². The summed E-state index contributed by atoms with van der Waals surface area (Å²) >= 11 is 0. The van der Waals surface area contributed by atoms with E-state index in [0.29, 0.717) is 18.8 Å². The molecule has 0 unspecified atom stereocenters. The molecular formula is C13H20N4O4. The maximum Gasteiger partial charge on any atom is 0.407 e. The minimum Gasteiger partial charge on any atom is -0.477 e. The molecule has 0 atom stereocenters. The molecule has 1 aromatic heterocycles. The summed E-state index contributed by atoms with van der Waals surface area (Å²) in [5, 5.41) is 14.3. The molecule has 3 N–H and O–H groups in total. The molecule has 1 heterocycles. The molecule has 116 valence electrons. The number of rotatable bonds is 5. The number of carbonyl (C=O) groups excluding carboxylic acids is 1. The van der Waals surface area contributed by atoms with Gasteiger partial charge in [0.15, 0.2) is 5.69 Å². The molecule has 0 saturated carbocycles. The van der Waals surface area contributed by atoms with Crippen molar-refractivity contribution in [3.63, 3.8) is 0 Å². The van der Waals surface area contributed by atoms with Crippen LogP contribution in [0.1, 0.15) is 37.0 Å². The summed E-state index contributed by atoms with van der Waals surface area (Å²) in [4.78, 5) is 30.2. The Hall–Kier alpha value is -2.38. The first-order chi connectivity index (χ1) is 9.67. The van der Waals surface area contributed by atoms with E-state index in [-0.39, 0.29) is 11.6 Å². The molecule has 0 spiro atoms. The third-order valence-electron chi connectivity index (χ3n) is 2.15. The Kier molecular flexibility index (Phi) is 5.45. The Balaban J connectivity index is 2.43. The highest BCUT2D eigenvalue weighted by molar-refractivity contribution is 5.85. The second-order valence-electron chi connectivity index (χ2n) is 5.38. The third kappa shape index (κ3) is 6.55. The van der Waals surface area contributed by atoms with Crippen LogP contribution in [0.25, 0.3) is 0 Å². The van der Waals surface area contributed by atoms with Crippen LogP contribution in [0.15, 0.2) is 6.07 Å². The van der Waals surface area contributed by atoms with E-state index in [1.807, 2.05) is 0 Å². The number of alkyl carbamates (subject to hydrolysis) is 1. The summed E-state index contributed by atoms with van der Waals surface area (Å²) in [6, 6.07) is 1.38. The van der Waals surface area contributed by atoms with E-state index in [1.165, 1.54) is 6.07 Å². The summed E-state index contributed by atoms with van der Waals surface area (Å²) in [6.07, 6.45) is -0.513. The van der Waals surface area contributed by atoms with Crippen molar-refractivity contribution in [3.05, 3.63) is 17.5 Å². The largest absolute Gasteiger partial charge is 0.477 e. The highest BCUT2D eigenvalue weighted by atomic mass is 16.6. The van der Waals surface area contributed by atoms with E-state index in [9.17, 15) is 9.59 Å². The lowest BCUT2D eigenvalue weighted by atomic mass is 10.2. The molecule has 0 saturated heterocycles. The number of ether oxygens (including phenoxy) is 1. The molecule has 21 heavy (non-hydrogen) atoms. The summed E-state index contributed by atoms with van der Waals surface area (Å²) in [5.41, 5.74) is -0.0804. The number of hydrogen-bond acceptors (Lipinski definition) is 6. The lowest BCUT2D eigenvalue weighted by molar-refractivity contribution is 0.0529. The Bertz CT molecular complexity index is 525. The Morgan fingerprint density at radius 1 is 1.29 bits per heavy atom. The van der Waals surface area contributed by atoms with E-state index in [1.54, 1.807) is 27.7 Å². The first-order valence-corrected chi connectivity index (χ1v) is 6.47. The zero-order valence-electron chi connectivity index (χ0n) is 12.6. The number of nitrogens with one attached hydrogen (secondary N) is 2. The number of aromatic nitrogens is 2. The number of carbonyl (C=O) groups is 2. The van der Waals surface area contributed by atoms with Crippen molar-refractivity contribution in [2.75, 3.05) is 18.4 Å². The van der Waals surface area contributed by atoms with Gasteiger partial charge in [-0.05, 0) is 33.8 Å². The SMILES string of the molecule is Cc1cc(C(=O)O)nc(NCCNC(=O)OC(C)(C)C)n1. The van der Waals surface area contributed by atoms with Gasteiger partial charge in [0.05, 0.1) is 0 Å². The van der Waals surface area contributed by atoms with Gasteiger partial charge in [-0.2, -0.15) is 0 Å². The van der Waals surface area contributed by atoms with Gasteiger partial charge >= 0.3 is 12.1 Å². The quantitative estimate of drug-likeness (QED) is 0.704. The zero-order valence-corrected chi connectivity index (χ0v) is 12.6. The van der Waals surface area contributed by atoms with Crippen LogP contribution in [0.3, 0.4) is 0 Å². The van der Waals surface area contributed by atoms with E-state index in [4.69, 9.17) is 9.84 Å². The van der Waals surface area contributed by atoms with Gasteiger partial charge in [0.25, 0.3) is 0 Å². The fourth-order valence-electron chi connectivity index (χ4n) is 1.41. The summed E-state index contributed by atoms with van der Waals surface area (Å²) in [5.74, 6) is -0.909. The van der Waals surface area contributed by atoms with Crippen molar-refractivity contribution < 1.29 is 19.4 Å². The van der Waals surface area contributed by atoms with Crippen molar-refractivity contribution >= 4 is 18.0 Å². The molecule has 8 heteroatoms. The van der Waals surface area contributed by atoms with Crippen LogP contribution in [0.5, 0.6) is 0 Å². The highest BCUT2D eigenvalue weighted by Gasteiger charge is 2.15. The fraction of sp³-hybridized carbons (Fsp3) is 0.538. The Labute approximate surface area is 122 Å². The number of aryl methyl sites for hydroxylation is 1. The van der Waals surface area contributed by atoms with E-state index in [2.05, 4.69) is 20.6 Å². The molecule has 1 aromatic rings. The Morgan fingerprint density at radius 2 is 1.95 bits per heavy atom. The summed E-state index contributed by atoms with van der Waals surface area (Å²) in [6.45, 7) is 7.66. The number of aromatic carboxylic acids is 1. The van der Waals surface area contributed by atoms with Crippen molar-refractivity contribution in [1.29, 1.82) is 0 Å². The number of amides is 1. The Morgan fingerprint density at radius 3 is 2.52 bits per heavy atom. The maximum absolute atomic E-state index is 11.4. The standard InChI is InChI=1S/C13H20N4O4/c1-8-7-9(10(18)19)17-11(16-8)14-5-6-15-12(20)21-13(2,3)4/h7H,5-6H2,1-4H3,(H,15,20)(H,18,19)(H,14,16,17). The average molecular weight is 296 g/mol. The second-order valence-corrected chi connectivity index (χ2v) is 5.38. The van der Waals surface area contributed by atoms with Gasteiger partial charge in [-0.1, -0.05) is 0 Å². The highest BCUT2D eigenvalue weighted by Crippen LogP contribution is 2.06. The second kappa shape index (κ2) is 6.87. The molecule has 0 aliphatic carbocycles. The first-order valence-electron chi connectivity index (χ1n) is 6.47. The topological polar surface area (TPSA) is 113 Å². The van der Waals surface area contributed by atoms with Crippen molar-refractivity contribution in [3.8, 4) is 0 Å². The minimum atomic E-state index is -1.12. The molecule has 8 nitrogen and oxygen atoms in total. The number of carboxylic acids is 1. The lowest BCUT2D eigenvalue weighted by Crippen LogP contribution is -2.35. The zero-order chi connectivity index (χ0) is 16.0. The molecule has 1 amide bonds. The third-order valence-corrected chi connectivity index (χ3v) is 2.15. The van der Waals surface area contributed by atoms with Gasteiger partial charge in [0, 0.05) is 18.8 Å². The monoisotopic (exact) mass is 296 g/mol. The van der Waals surface area contributed by atoms with Crippen molar-refractivity contribution in [1.82, 2.24) is 15.3 Å². The fourth-order valence-corrected chi connectivity index (χ4v) is 1.41. The number of carboxylic acid groups (broad SMARTS) is 1. The maximum atomic E-state index is 11.4. The lowest BCUT2D eigenvalue weighted by Gasteiger charge is -2.19. The molecule has 0 aliphatic rings. The average Bonchev–Trinajstić information content (AvgIpc) is 2.31. The molecule has 1 rings (SSSR count). The smallest absolute Gasteiger partial charge is 0.407 e. The molecular weight excluding hydrogens is 276 g/mol. The minimum absolute atomic E-state index is 0.0786. The number of nitrogens with zero attached hydrogens (tertiary/aromatic N) is 2. The van der Waals surface area contributed by atoms with E-state index < -0.39 is 17.7 Å². The van der Waals surface area contributed by atoms with E-state index >= 15 is 0 Å². The van der Waals surface area contributed by atoms with Crippen LogP contribution in [-0.2, 0) is 4.74 Å². The van der Waals surface area contributed by atoms with Crippen LogP contribution >= 0.6 is 0 Å². The van der Waals surface area contributed by atoms with Crippen LogP contribution in [0, 0.1) is 6.92 Å². The normalized spacial score (nSPS) is 10.9. The molecule has 0 aliphatic heterocycles. The molecule has 0 aromatic carbocycles. The molecule has 0 fully saturated rings. The van der Waals surface area contributed by atoms with Crippen LogP contribution in [-0.4, -0.2) is 45.8 Å². The van der Waals surface area contributed by atoms with Crippen molar-refractivity contribution in [2.24, 2.45) is 0 Å². The van der Waals surface area contributed by atoms with Crippen LogP contribution < -0.4 is 10.6 Å². The van der Waals surface area contributed by atoms with Gasteiger partial charge in [-0.15, -0.1) is 0 Å². The van der Waals surface area contributed by atoms with Crippen LogP contribution in [0.4, 0.5) is 10.7 Å². The van der Waals surface area contributed by atoms with Crippen LogP contribution in [0.2, 0.25) is 0 Å². The first kappa shape index (κ1) is 16.7. The van der Waals surface area contributed by atoms with Gasteiger partial charge in [-0.3, -0.25) is 0 Å². The van der Waals surface area contributed by atoms with Crippen molar-refractivity contribution in [2.45, 2.75) is 33.3 Å². The predicted molar refractivity (Wildman–Crippen MR) is 76.5 cm³/mol. The van der Waals surface area contributed by atoms with Gasteiger partial charge in [0.1, 0.15) is 5.60 Å².